The molecule has 9 heteroatoms. The van der Waals surface area contributed by atoms with Gasteiger partial charge in [-0.3, -0.25) is 24.1 Å². The van der Waals surface area contributed by atoms with Gasteiger partial charge >= 0.3 is 5.97 Å². The summed E-state index contributed by atoms with van der Waals surface area (Å²) >= 11 is 0. The third-order valence-corrected chi connectivity index (χ3v) is 4.23. The molecule has 2 aliphatic heterocycles. The number of nitrogens with zero attached hydrogens (tertiary/aromatic N) is 2. The number of nitrogens with one attached hydrogen (secondary N) is 1. The summed E-state index contributed by atoms with van der Waals surface area (Å²) in [7, 11) is 0. The molecule has 0 saturated carbocycles. The van der Waals surface area contributed by atoms with Gasteiger partial charge in [0.15, 0.2) is 0 Å². The van der Waals surface area contributed by atoms with Crippen molar-refractivity contribution >= 4 is 24.3 Å². The minimum Gasteiger partial charge on any atom is -0.483 e. The molecule has 2 rings (SSSR count). The third kappa shape index (κ3) is 6.92. The van der Waals surface area contributed by atoms with Gasteiger partial charge in [-0.1, -0.05) is 6.08 Å². The van der Waals surface area contributed by atoms with Crippen molar-refractivity contribution in [3.63, 3.8) is 0 Å². The lowest BCUT2D eigenvalue weighted by Gasteiger charge is -2.31. The highest BCUT2D eigenvalue weighted by Gasteiger charge is 2.34. The fourth-order valence-electron chi connectivity index (χ4n) is 3.03. The molecule has 0 radical (unpaired) electrons. The molecule has 0 aliphatic carbocycles. The summed E-state index contributed by atoms with van der Waals surface area (Å²) in [5.41, 5.74) is 0. The molecule has 0 aromatic heterocycles. The van der Waals surface area contributed by atoms with Crippen molar-refractivity contribution in [2.24, 2.45) is 5.92 Å². The summed E-state index contributed by atoms with van der Waals surface area (Å²) in [6, 6.07) is 0.0705. The van der Waals surface area contributed by atoms with E-state index in [2.05, 4.69) is 11.9 Å². The van der Waals surface area contributed by atoms with Crippen LogP contribution in [0.4, 0.5) is 0 Å². The van der Waals surface area contributed by atoms with Crippen molar-refractivity contribution in [1.82, 2.24) is 15.1 Å². The zero-order valence-corrected chi connectivity index (χ0v) is 14.1. The molecular formula is C16H25N3O6. The zero-order valence-electron chi connectivity index (χ0n) is 14.1. The maximum absolute atomic E-state index is 12.2. The smallest absolute Gasteiger partial charge is 0.317 e. The van der Waals surface area contributed by atoms with E-state index in [1.165, 1.54) is 0 Å². The molecule has 0 aromatic carbocycles. The molecule has 1 unspecified atom stereocenters. The highest BCUT2D eigenvalue weighted by atomic mass is 16.4. The van der Waals surface area contributed by atoms with E-state index in [-0.39, 0.29) is 43.2 Å². The number of carboxylic acid groups (broad SMARTS) is 2. The number of rotatable bonds is 6. The summed E-state index contributed by atoms with van der Waals surface area (Å²) < 4.78 is 0. The van der Waals surface area contributed by atoms with Crippen LogP contribution in [0.1, 0.15) is 19.3 Å². The van der Waals surface area contributed by atoms with E-state index >= 15 is 0 Å². The van der Waals surface area contributed by atoms with Gasteiger partial charge in [0.2, 0.25) is 11.8 Å². The number of hydrogen-bond donors (Lipinski definition) is 3. The Morgan fingerprint density at radius 3 is 2.44 bits per heavy atom. The fourth-order valence-corrected chi connectivity index (χ4v) is 3.03. The highest BCUT2D eigenvalue weighted by Crippen LogP contribution is 2.19. The molecule has 0 bridgehead atoms. The van der Waals surface area contributed by atoms with Gasteiger partial charge in [-0.25, -0.2) is 0 Å². The first-order valence-electron chi connectivity index (χ1n) is 8.12. The van der Waals surface area contributed by atoms with Crippen molar-refractivity contribution in [2.75, 3.05) is 32.7 Å². The van der Waals surface area contributed by atoms with Crippen LogP contribution in [0.25, 0.3) is 0 Å². The maximum atomic E-state index is 12.2. The molecule has 2 saturated heterocycles. The Morgan fingerprint density at radius 1 is 1.32 bits per heavy atom. The molecule has 2 fully saturated rings. The van der Waals surface area contributed by atoms with Gasteiger partial charge in [0.05, 0.1) is 12.5 Å². The molecule has 9 nitrogen and oxygen atoms in total. The molecule has 2 aliphatic rings. The average Bonchev–Trinajstić information content (AvgIpc) is 2.91. The largest absolute Gasteiger partial charge is 0.483 e. The highest BCUT2D eigenvalue weighted by molar-refractivity contribution is 5.89. The van der Waals surface area contributed by atoms with Gasteiger partial charge in [-0.15, -0.1) is 6.58 Å². The Hall–Kier alpha value is -2.42. The van der Waals surface area contributed by atoms with Crippen LogP contribution in [0.3, 0.4) is 0 Å². The quantitative estimate of drug-likeness (QED) is 0.428. The number of piperidine rings is 1. The second-order valence-corrected chi connectivity index (χ2v) is 6.05. The van der Waals surface area contributed by atoms with Crippen LogP contribution in [0.5, 0.6) is 0 Å². The topological polar surface area (TPSA) is 127 Å². The van der Waals surface area contributed by atoms with Gasteiger partial charge in [0, 0.05) is 38.6 Å². The summed E-state index contributed by atoms with van der Waals surface area (Å²) in [5.74, 6) is -1.19. The number of aliphatic carboxylic acids is 1. The first-order valence-corrected chi connectivity index (χ1v) is 8.12. The monoisotopic (exact) mass is 355 g/mol. The van der Waals surface area contributed by atoms with Crippen molar-refractivity contribution in [3.05, 3.63) is 12.7 Å². The number of carbonyl (C=O) groups is 4. The van der Waals surface area contributed by atoms with E-state index in [4.69, 9.17) is 15.0 Å². The van der Waals surface area contributed by atoms with E-state index in [0.717, 1.165) is 12.8 Å². The van der Waals surface area contributed by atoms with Gasteiger partial charge in [-0.2, -0.15) is 0 Å². The summed E-state index contributed by atoms with van der Waals surface area (Å²) in [4.78, 5) is 46.5. The fraction of sp³-hybridized carbons (Fsp3) is 0.625. The predicted octanol–water partition coefficient (Wildman–Crippen LogP) is -0.613. The Labute approximate surface area is 146 Å². The molecule has 1 atom stereocenters. The SMILES string of the molecule is C=CCN1CC(C(=O)NC2CCN(CC(=O)O)CC2)CC1=O.O=CO. The first-order chi connectivity index (χ1) is 11.9. The van der Waals surface area contributed by atoms with Crippen molar-refractivity contribution in [1.29, 1.82) is 0 Å². The van der Waals surface area contributed by atoms with Crippen LogP contribution in [0, 0.1) is 5.92 Å². The predicted molar refractivity (Wildman–Crippen MR) is 88.8 cm³/mol. The minimum absolute atomic E-state index is 0.00340. The molecule has 25 heavy (non-hydrogen) atoms. The van der Waals surface area contributed by atoms with Crippen LogP contribution >= 0.6 is 0 Å². The molecule has 140 valence electrons. The second kappa shape index (κ2) is 10.4. The third-order valence-electron chi connectivity index (χ3n) is 4.23. The molecule has 3 N–H and O–H groups in total. The van der Waals surface area contributed by atoms with Crippen LogP contribution in [-0.2, 0) is 19.2 Å². The van der Waals surface area contributed by atoms with Crippen LogP contribution in [0.2, 0.25) is 0 Å². The van der Waals surface area contributed by atoms with Crippen LogP contribution < -0.4 is 5.32 Å². The average molecular weight is 355 g/mol. The number of carbonyl (C=O) groups excluding carboxylic acids is 2. The van der Waals surface area contributed by atoms with E-state index in [0.29, 0.717) is 26.2 Å². The van der Waals surface area contributed by atoms with E-state index < -0.39 is 5.97 Å². The zero-order chi connectivity index (χ0) is 18.8. The molecule has 2 amide bonds. The van der Waals surface area contributed by atoms with E-state index in [1.54, 1.807) is 11.0 Å². The Morgan fingerprint density at radius 2 is 1.92 bits per heavy atom. The van der Waals surface area contributed by atoms with E-state index in [1.807, 2.05) is 4.90 Å². The van der Waals surface area contributed by atoms with Gasteiger partial charge < -0.3 is 20.4 Å². The standard InChI is InChI=1S/C15H23N3O4.CH2O2/c1-2-5-18-9-11(8-13(18)19)15(22)16-12-3-6-17(7-4-12)10-14(20)21;2-1-3/h2,11-12H,1,3-10H2,(H,16,22)(H,20,21);1H,(H,2,3). The Balaban J connectivity index is 0.000000970. The first kappa shape index (κ1) is 20.6. The molecular weight excluding hydrogens is 330 g/mol. The lowest BCUT2D eigenvalue weighted by atomic mass is 10.0. The Kier molecular flexibility index (Phi) is 8.62. The molecule has 0 spiro atoms. The number of amides is 2. The number of carboxylic acids is 1. The minimum atomic E-state index is -0.825. The van der Waals surface area contributed by atoms with Crippen molar-refractivity contribution in [3.8, 4) is 0 Å². The van der Waals surface area contributed by atoms with Crippen molar-refractivity contribution in [2.45, 2.75) is 25.3 Å². The van der Waals surface area contributed by atoms with Gasteiger partial charge in [0.1, 0.15) is 0 Å². The Bertz CT molecular complexity index is 502. The molecule has 2 heterocycles. The van der Waals surface area contributed by atoms with Crippen LogP contribution in [0.15, 0.2) is 12.7 Å². The normalized spacial score (nSPS) is 21.2. The van der Waals surface area contributed by atoms with Gasteiger partial charge in [-0.05, 0) is 12.8 Å². The lowest BCUT2D eigenvalue weighted by Crippen LogP contribution is -2.47. The van der Waals surface area contributed by atoms with Crippen molar-refractivity contribution < 1.29 is 29.4 Å². The second-order valence-electron chi connectivity index (χ2n) is 6.05. The summed E-state index contributed by atoms with van der Waals surface area (Å²) in [5, 5.41) is 18.6. The van der Waals surface area contributed by atoms with Crippen LogP contribution in [-0.4, -0.2) is 83.0 Å². The number of hydrogen-bond acceptors (Lipinski definition) is 5. The van der Waals surface area contributed by atoms with E-state index in [9.17, 15) is 14.4 Å². The maximum Gasteiger partial charge on any atom is 0.317 e. The summed E-state index contributed by atoms with van der Waals surface area (Å²) in [6.45, 7) is 5.68. The lowest BCUT2D eigenvalue weighted by molar-refractivity contribution is -0.139. The summed E-state index contributed by atoms with van der Waals surface area (Å²) in [6.07, 6.45) is 3.42. The van der Waals surface area contributed by atoms with Gasteiger partial charge in [0.25, 0.3) is 6.47 Å². The molecule has 0 aromatic rings. The number of likely N-dealkylation sites (tertiary alicyclic amines) is 2.